The zero-order valence-electron chi connectivity index (χ0n) is 15.5. The summed E-state index contributed by atoms with van der Waals surface area (Å²) in [7, 11) is -3.51. The van der Waals surface area contributed by atoms with Gasteiger partial charge in [0.25, 0.3) is 5.91 Å². The average molecular weight is 388 g/mol. The largest absolute Gasteiger partial charge is 0.368 e. The highest BCUT2D eigenvalue weighted by Crippen LogP contribution is 2.31. The van der Waals surface area contributed by atoms with E-state index in [9.17, 15) is 13.2 Å². The Morgan fingerprint density at radius 2 is 1.85 bits per heavy atom. The van der Waals surface area contributed by atoms with Gasteiger partial charge in [-0.15, -0.1) is 0 Å². The number of hydrogen-bond acceptors (Lipinski definition) is 4. The first-order valence-corrected chi connectivity index (χ1v) is 10.7. The Balaban J connectivity index is 1.44. The van der Waals surface area contributed by atoms with Gasteiger partial charge in [0.15, 0.2) is 0 Å². The predicted molar refractivity (Wildman–Crippen MR) is 103 cm³/mol. The normalized spacial score (nSPS) is 22.1. The minimum absolute atomic E-state index is 0.0397. The van der Waals surface area contributed by atoms with Crippen molar-refractivity contribution in [3.63, 3.8) is 0 Å². The van der Waals surface area contributed by atoms with Crippen LogP contribution < -0.4 is 10.0 Å². The summed E-state index contributed by atoms with van der Waals surface area (Å²) in [5, 5.41) is 3.31. The van der Waals surface area contributed by atoms with Crippen LogP contribution in [0, 0.1) is 19.8 Å². The van der Waals surface area contributed by atoms with Gasteiger partial charge in [-0.25, -0.2) is 8.42 Å². The molecule has 0 bridgehead atoms. The fourth-order valence-electron chi connectivity index (χ4n) is 4.01. The lowest BCUT2D eigenvalue weighted by Gasteiger charge is -2.38. The monoisotopic (exact) mass is 388 g/mol. The van der Waals surface area contributed by atoms with Gasteiger partial charge < -0.3 is 15.2 Å². The molecule has 0 unspecified atom stereocenters. The number of amides is 1. The number of carbonyl (C=O) groups excluding carboxylic acids is 1. The maximum atomic E-state index is 12.8. The summed E-state index contributed by atoms with van der Waals surface area (Å²) in [6.07, 6.45) is 1.14. The number of anilines is 1. The number of para-hydroxylation sites is 1. The summed E-state index contributed by atoms with van der Waals surface area (Å²) < 4.78 is 27.8. The van der Waals surface area contributed by atoms with E-state index in [1.807, 2.05) is 30.9 Å². The summed E-state index contributed by atoms with van der Waals surface area (Å²) in [6.45, 7) is 5.09. The van der Waals surface area contributed by atoms with Crippen molar-refractivity contribution < 1.29 is 13.2 Å². The summed E-state index contributed by atoms with van der Waals surface area (Å²) >= 11 is 0. The summed E-state index contributed by atoms with van der Waals surface area (Å²) in [5.41, 5.74) is 3.22. The van der Waals surface area contributed by atoms with Gasteiger partial charge in [-0.05, 0) is 50.8 Å². The van der Waals surface area contributed by atoms with E-state index in [1.165, 1.54) is 0 Å². The lowest BCUT2D eigenvalue weighted by Crippen LogP contribution is -2.52. The molecule has 1 atom stereocenters. The van der Waals surface area contributed by atoms with E-state index in [0.29, 0.717) is 18.8 Å². The Labute approximate surface area is 159 Å². The van der Waals surface area contributed by atoms with Gasteiger partial charge >= 0.3 is 0 Å². The lowest BCUT2D eigenvalue weighted by molar-refractivity contribution is 0.0678. The van der Waals surface area contributed by atoms with Gasteiger partial charge in [0.05, 0.1) is 17.4 Å². The third kappa shape index (κ3) is 3.35. The Morgan fingerprint density at radius 1 is 1.15 bits per heavy atom. The Bertz CT molecular complexity index is 975. The van der Waals surface area contributed by atoms with E-state index in [-0.39, 0.29) is 22.9 Å². The molecule has 4 rings (SSSR count). The van der Waals surface area contributed by atoms with Crippen LogP contribution in [-0.4, -0.2) is 43.5 Å². The van der Waals surface area contributed by atoms with E-state index in [4.69, 9.17) is 0 Å². The third-order valence-electron chi connectivity index (χ3n) is 5.45. The number of carbonyl (C=O) groups is 1. The Hall–Kier alpha value is -2.32. The van der Waals surface area contributed by atoms with Crippen molar-refractivity contribution in [1.29, 1.82) is 0 Å². The van der Waals surface area contributed by atoms with Gasteiger partial charge in [0.1, 0.15) is 4.90 Å². The smallest absolute Gasteiger partial charge is 0.255 e. The van der Waals surface area contributed by atoms with Gasteiger partial charge in [0.2, 0.25) is 10.0 Å². The first kappa shape index (κ1) is 18.1. The summed E-state index contributed by atoms with van der Waals surface area (Å²) in [4.78, 5) is 18.1. The topological polar surface area (TPSA) is 94.3 Å². The molecule has 8 heteroatoms. The number of aryl methyl sites for hydroxylation is 2. The van der Waals surface area contributed by atoms with Crippen LogP contribution in [0.5, 0.6) is 0 Å². The molecule has 1 aromatic carbocycles. The molecule has 27 heavy (non-hydrogen) atoms. The molecule has 144 valence electrons. The van der Waals surface area contributed by atoms with E-state index in [1.54, 1.807) is 18.2 Å². The minimum atomic E-state index is -3.51. The van der Waals surface area contributed by atoms with Crippen LogP contribution in [0.15, 0.2) is 35.2 Å². The van der Waals surface area contributed by atoms with E-state index < -0.39 is 10.0 Å². The molecule has 3 heterocycles. The highest BCUT2D eigenvalue weighted by atomic mass is 32.2. The predicted octanol–water partition coefficient (Wildman–Crippen LogP) is 2.21. The van der Waals surface area contributed by atoms with E-state index >= 15 is 0 Å². The first-order valence-electron chi connectivity index (χ1n) is 9.18. The molecule has 2 aliphatic heterocycles. The van der Waals surface area contributed by atoms with Crippen molar-refractivity contribution in [2.45, 2.75) is 37.8 Å². The lowest BCUT2D eigenvalue weighted by atomic mass is 9.93. The molecule has 1 aromatic heterocycles. The first-order chi connectivity index (χ1) is 12.8. The van der Waals surface area contributed by atoms with E-state index in [0.717, 1.165) is 29.8 Å². The maximum Gasteiger partial charge on any atom is 0.255 e. The molecule has 1 amide bonds. The number of fused-ring (bicyclic) bond motifs is 1. The average Bonchev–Trinajstić information content (AvgIpc) is 2.99. The number of benzene rings is 1. The van der Waals surface area contributed by atoms with Crippen LogP contribution in [0.25, 0.3) is 0 Å². The van der Waals surface area contributed by atoms with Crippen LogP contribution in [0.4, 0.5) is 5.69 Å². The number of likely N-dealkylation sites (tertiary alicyclic amines) is 1. The third-order valence-corrected chi connectivity index (χ3v) is 6.95. The maximum absolute atomic E-state index is 12.8. The summed E-state index contributed by atoms with van der Waals surface area (Å²) in [5.74, 6) is 0.170. The number of aromatic nitrogens is 1. The molecule has 0 spiro atoms. The number of sulfonamides is 1. The number of rotatable bonds is 2. The number of aromatic amines is 1. The van der Waals surface area contributed by atoms with Crippen LogP contribution in [0.2, 0.25) is 0 Å². The van der Waals surface area contributed by atoms with Gasteiger partial charge in [-0.3, -0.25) is 4.79 Å². The van der Waals surface area contributed by atoms with Crippen LogP contribution in [-0.2, 0) is 10.0 Å². The zero-order valence-corrected chi connectivity index (χ0v) is 16.3. The zero-order chi connectivity index (χ0) is 19.2. The minimum Gasteiger partial charge on any atom is -0.368 e. The second-order valence-corrected chi connectivity index (χ2v) is 9.04. The van der Waals surface area contributed by atoms with Crippen molar-refractivity contribution in [3.05, 3.63) is 47.3 Å². The molecule has 2 aliphatic rings. The highest BCUT2D eigenvalue weighted by molar-refractivity contribution is 7.89. The molecule has 0 radical (unpaired) electrons. The molecule has 0 saturated carbocycles. The number of nitrogens with one attached hydrogen (secondary N) is 3. The number of nitrogens with zero attached hydrogens (tertiary/aromatic N) is 1. The molecular weight excluding hydrogens is 364 g/mol. The quantitative estimate of drug-likeness (QED) is 0.735. The highest BCUT2D eigenvalue weighted by Gasteiger charge is 2.36. The molecule has 1 fully saturated rings. The van der Waals surface area contributed by atoms with Gasteiger partial charge in [-0.2, -0.15) is 4.72 Å². The number of piperidine rings is 1. The molecular formula is C19H24N4O3S. The van der Waals surface area contributed by atoms with Crippen molar-refractivity contribution >= 4 is 21.6 Å². The molecule has 0 aliphatic carbocycles. The Kier molecular flexibility index (Phi) is 4.47. The number of H-pyrrole nitrogens is 1. The standard InChI is InChI=1S/C19H24N4O3S/c1-12-11-15(13(2)20-12)19(24)23-9-7-14(8-10-23)18-21-16-5-3-4-6-17(16)27(25,26)22-18/h3-6,11,14,18,20-22H,7-10H2,1-2H3/t18-/m1/s1. The Morgan fingerprint density at radius 3 is 2.52 bits per heavy atom. The van der Waals surface area contributed by atoms with Crippen molar-refractivity contribution in [2.24, 2.45) is 5.92 Å². The van der Waals surface area contributed by atoms with Crippen LogP contribution >= 0.6 is 0 Å². The van der Waals surface area contributed by atoms with Gasteiger partial charge in [0, 0.05) is 24.5 Å². The molecule has 1 saturated heterocycles. The summed E-state index contributed by atoms with van der Waals surface area (Å²) in [6, 6.07) is 8.82. The fourth-order valence-corrected chi connectivity index (χ4v) is 5.40. The SMILES string of the molecule is Cc1cc(C(=O)N2CCC([C@@H]3Nc4ccccc4S(=O)(=O)N3)CC2)c(C)[nH]1. The second kappa shape index (κ2) is 6.69. The van der Waals surface area contributed by atoms with E-state index in [2.05, 4.69) is 15.0 Å². The molecule has 7 nitrogen and oxygen atoms in total. The molecule has 2 aromatic rings. The van der Waals surface area contributed by atoms with Gasteiger partial charge in [-0.1, -0.05) is 12.1 Å². The van der Waals surface area contributed by atoms with Crippen LogP contribution in [0.3, 0.4) is 0 Å². The van der Waals surface area contributed by atoms with Crippen molar-refractivity contribution in [3.8, 4) is 0 Å². The number of hydrogen-bond donors (Lipinski definition) is 3. The van der Waals surface area contributed by atoms with Crippen molar-refractivity contribution in [2.75, 3.05) is 18.4 Å². The van der Waals surface area contributed by atoms with Crippen molar-refractivity contribution in [1.82, 2.24) is 14.6 Å². The fraction of sp³-hybridized carbons (Fsp3) is 0.421. The molecule has 3 N–H and O–H groups in total. The second-order valence-electron chi connectivity index (χ2n) is 7.36. The van der Waals surface area contributed by atoms with Crippen LogP contribution in [0.1, 0.15) is 34.6 Å².